The molecule has 1 heterocycles. The fraction of sp³-hybridized carbons (Fsp3) is 0.417. The van der Waals surface area contributed by atoms with E-state index in [1.165, 1.54) is 0 Å². The maximum absolute atomic E-state index is 11.9. The standard InChI is InChI=1S/C12H16N2O2/c13-10-3-1-9(2-4-10)12(15)7-11-8-14-5-6-16-11/h1-4,11,14H,5-8,13H2. The van der Waals surface area contributed by atoms with Crippen LogP contribution in [0.1, 0.15) is 16.8 Å². The van der Waals surface area contributed by atoms with Crippen molar-refractivity contribution in [1.82, 2.24) is 5.32 Å². The third-order valence-electron chi connectivity index (χ3n) is 2.65. The molecule has 0 bridgehead atoms. The van der Waals surface area contributed by atoms with Gasteiger partial charge >= 0.3 is 0 Å². The van der Waals surface area contributed by atoms with Gasteiger partial charge in [0.15, 0.2) is 5.78 Å². The molecule has 1 atom stereocenters. The van der Waals surface area contributed by atoms with Gasteiger partial charge in [0.1, 0.15) is 0 Å². The van der Waals surface area contributed by atoms with E-state index >= 15 is 0 Å². The lowest BCUT2D eigenvalue weighted by Crippen LogP contribution is -2.39. The lowest BCUT2D eigenvalue weighted by Gasteiger charge is -2.22. The summed E-state index contributed by atoms with van der Waals surface area (Å²) in [5.41, 5.74) is 6.94. The molecule has 0 aromatic heterocycles. The van der Waals surface area contributed by atoms with Gasteiger partial charge in [-0.1, -0.05) is 0 Å². The molecule has 1 unspecified atom stereocenters. The predicted octanol–water partition coefficient (Wildman–Crippen LogP) is 0.830. The first-order valence-electron chi connectivity index (χ1n) is 5.47. The van der Waals surface area contributed by atoms with E-state index in [2.05, 4.69) is 5.32 Å². The Bertz CT molecular complexity index is 356. The first-order chi connectivity index (χ1) is 7.75. The number of anilines is 1. The van der Waals surface area contributed by atoms with E-state index in [1.54, 1.807) is 24.3 Å². The lowest BCUT2D eigenvalue weighted by atomic mass is 10.0. The van der Waals surface area contributed by atoms with Crippen molar-refractivity contribution < 1.29 is 9.53 Å². The van der Waals surface area contributed by atoms with Crippen LogP contribution in [0.5, 0.6) is 0 Å². The molecule has 0 aliphatic carbocycles. The number of carbonyl (C=O) groups excluding carboxylic acids is 1. The third-order valence-corrected chi connectivity index (χ3v) is 2.65. The summed E-state index contributed by atoms with van der Waals surface area (Å²) in [4.78, 5) is 11.9. The molecule has 16 heavy (non-hydrogen) atoms. The van der Waals surface area contributed by atoms with Gasteiger partial charge in [-0.25, -0.2) is 0 Å². The Kier molecular flexibility index (Phi) is 3.54. The van der Waals surface area contributed by atoms with Crippen LogP contribution < -0.4 is 11.1 Å². The molecule has 4 heteroatoms. The summed E-state index contributed by atoms with van der Waals surface area (Å²) in [6, 6.07) is 7.00. The van der Waals surface area contributed by atoms with Crippen LogP contribution in [0.2, 0.25) is 0 Å². The number of Topliss-reactive ketones (excluding diaryl/α,β-unsaturated/α-hetero) is 1. The Hall–Kier alpha value is -1.39. The molecule has 1 saturated heterocycles. The van der Waals surface area contributed by atoms with Crippen molar-refractivity contribution in [1.29, 1.82) is 0 Å². The quantitative estimate of drug-likeness (QED) is 0.585. The highest BCUT2D eigenvalue weighted by Crippen LogP contribution is 2.11. The van der Waals surface area contributed by atoms with Gasteiger partial charge in [-0.3, -0.25) is 4.79 Å². The maximum Gasteiger partial charge on any atom is 0.165 e. The maximum atomic E-state index is 11.9. The summed E-state index contributed by atoms with van der Waals surface area (Å²) < 4.78 is 5.49. The molecule has 2 rings (SSSR count). The molecule has 86 valence electrons. The average Bonchev–Trinajstić information content (AvgIpc) is 2.31. The van der Waals surface area contributed by atoms with Gasteiger partial charge < -0.3 is 15.8 Å². The minimum Gasteiger partial charge on any atom is -0.399 e. The Morgan fingerprint density at radius 3 is 2.81 bits per heavy atom. The van der Waals surface area contributed by atoms with E-state index in [0.29, 0.717) is 24.3 Å². The Morgan fingerprint density at radius 2 is 2.19 bits per heavy atom. The highest BCUT2D eigenvalue weighted by atomic mass is 16.5. The molecule has 0 spiro atoms. The van der Waals surface area contributed by atoms with Crippen LogP contribution in [-0.4, -0.2) is 31.6 Å². The normalized spacial score (nSPS) is 20.6. The monoisotopic (exact) mass is 220 g/mol. The van der Waals surface area contributed by atoms with Gasteiger partial charge in [-0.15, -0.1) is 0 Å². The van der Waals surface area contributed by atoms with Crippen molar-refractivity contribution in [2.75, 3.05) is 25.4 Å². The van der Waals surface area contributed by atoms with E-state index in [0.717, 1.165) is 13.1 Å². The minimum absolute atomic E-state index is 0.00111. The molecule has 1 aromatic carbocycles. The second-order valence-electron chi connectivity index (χ2n) is 3.95. The summed E-state index contributed by atoms with van der Waals surface area (Å²) >= 11 is 0. The van der Waals surface area contributed by atoms with Gasteiger partial charge in [0.05, 0.1) is 12.7 Å². The first-order valence-corrected chi connectivity index (χ1v) is 5.47. The number of carbonyl (C=O) groups is 1. The van der Waals surface area contributed by atoms with Crippen molar-refractivity contribution in [2.45, 2.75) is 12.5 Å². The van der Waals surface area contributed by atoms with E-state index in [-0.39, 0.29) is 11.9 Å². The van der Waals surface area contributed by atoms with Crippen molar-refractivity contribution in [3.8, 4) is 0 Å². The second kappa shape index (κ2) is 5.09. The predicted molar refractivity (Wildman–Crippen MR) is 62.4 cm³/mol. The van der Waals surface area contributed by atoms with Gasteiger partial charge in [0.2, 0.25) is 0 Å². The Balaban J connectivity index is 1.94. The minimum atomic E-state index is -0.00111. The van der Waals surface area contributed by atoms with E-state index in [4.69, 9.17) is 10.5 Å². The Morgan fingerprint density at radius 1 is 1.44 bits per heavy atom. The molecule has 1 aliphatic rings. The largest absolute Gasteiger partial charge is 0.399 e. The van der Waals surface area contributed by atoms with Gasteiger partial charge in [0, 0.05) is 30.8 Å². The number of nitrogen functional groups attached to an aromatic ring is 1. The molecule has 0 saturated carbocycles. The van der Waals surface area contributed by atoms with Crippen molar-refractivity contribution in [3.63, 3.8) is 0 Å². The molecular weight excluding hydrogens is 204 g/mol. The second-order valence-corrected chi connectivity index (χ2v) is 3.95. The molecule has 1 aliphatic heterocycles. The molecule has 0 amide bonds. The van der Waals surface area contributed by atoms with Crippen LogP contribution in [-0.2, 0) is 4.74 Å². The number of rotatable bonds is 3. The van der Waals surface area contributed by atoms with Crippen molar-refractivity contribution in [2.24, 2.45) is 0 Å². The highest BCUT2D eigenvalue weighted by molar-refractivity contribution is 5.96. The van der Waals surface area contributed by atoms with E-state index in [9.17, 15) is 4.79 Å². The SMILES string of the molecule is Nc1ccc(C(=O)CC2CNCCO2)cc1. The van der Waals surface area contributed by atoms with Gasteiger partial charge in [0.25, 0.3) is 0 Å². The number of hydrogen-bond donors (Lipinski definition) is 2. The molecule has 1 aromatic rings. The van der Waals surface area contributed by atoms with Crippen LogP contribution in [0.3, 0.4) is 0 Å². The zero-order chi connectivity index (χ0) is 11.4. The van der Waals surface area contributed by atoms with Gasteiger partial charge in [-0.05, 0) is 24.3 Å². The molecular formula is C12H16N2O2. The zero-order valence-electron chi connectivity index (χ0n) is 9.11. The van der Waals surface area contributed by atoms with Crippen LogP contribution in [0.4, 0.5) is 5.69 Å². The summed E-state index contributed by atoms with van der Waals surface area (Å²) in [5, 5.41) is 3.20. The topological polar surface area (TPSA) is 64.4 Å². The molecule has 3 N–H and O–H groups in total. The number of benzene rings is 1. The van der Waals surface area contributed by atoms with Crippen LogP contribution >= 0.6 is 0 Å². The number of hydrogen-bond acceptors (Lipinski definition) is 4. The van der Waals surface area contributed by atoms with Crippen LogP contribution in [0, 0.1) is 0 Å². The Labute approximate surface area is 94.8 Å². The van der Waals surface area contributed by atoms with E-state index in [1.807, 2.05) is 0 Å². The number of morpholine rings is 1. The number of nitrogens with one attached hydrogen (secondary N) is 1. The van der Waals surface area contributed by atoms with Crippen molar-refractivity contribution >= 4 is 11.5 Å². The summed E-state index contributed by atoms with van der Waals surface area (Å²) in [7, 11) is 0. The van der Waals surface area contributed by atoms with E-state index < -0.39 is 0 Å². The fourth-order valence-corrected chi connectivity index (χ4v) is 1.74. The number of ether oxygens (including phenoxy) is 1. The average molecular weight is 220 g/mol. The number of nitrogens with two attached hydrogens (primary N) is 1. The highest BCUT2D eigenvalue weighted by Gasteiger charge is 2.18. The first kappa shape index (κ1) is 11.1. The van der Waals surface area contributed by atoms with Crippen LogP contribution in [0.25, 0.3) is 0 Å². The number of ketones is 1. The summed E-state index contributed by atoms with van der Waals surface area (Å²) in [5.74, 6) is 0.105. The van der Waals surface area contributed by atoms with Gasteiger partial charge in [-0.2, -0.15) is 0 Å². The summed E-state index contributed by atoms with van der Waals surface area (Å²) in [6.07, 6.45) is 0.426. The summed E-state index contributed by atoms with van der Waals surface area (Å²) in [6.45, 7) is 2.30. The lowest BCUT2D eigenvalue weighted by molar-refractivity contribution is 0.0240. The molecule has 1 fully saturated rings. The van der Waals surface area contributed by atoms with Crippen LogP contribution in [0.15, 0.2) is 24.3 Å². The molecule has 4 nitrogen and oxygen atoms in total. The molecule has 0 radical (unpaired) electrons. The fourth-order valence-electron chi connectivity index (χ4n) is 1.74. The third kappa shape index (κ3) is 2.81. The smallest absolute Gasteiger partial charge is 0.165 e. The van der Waals surface area contributed by atoms with Crippen molar-refractivity contribution in [3.05, 3.63) is 29.8 Å². The zero-order valence-corrected chi connectivity index (χ0v) is 9.11.